The summed E-state index contributed by atoms with van der Waals surface area (Å²) >= 11 is 0. The Balaban J connectivity index is 1.60. The van der Waals surface area contributed by atoms with Gasteiger partial charge in [-0.05, 0) is 25.1 Å². The quantitative estimate of drug-likeness (QED) is 0.813. The highest BCUT2D eigenvalue weighted by atomic mass is 19.4. The van der Waals surface area contributed by atoms with Crippen molar-refractivity contribution in [1.29, 1.82) is 0 Å². The first-order valence-corrected chi connectivity index (χ1v) is 7.95. The third-order valence-electron chi connectivity index (χ3n) is 3.77. The maximum Gasteiger partial charge on any atom is 0.416 e. The van der Waals surface area contributed by atoms with Gasteiger partial charge in [-0.1, -0.05) is 0 Å². The van der Waals surface area contributed by atoms with Gasteiger partial charge in [0, 0.05) is 18.5 Å². The van der Waals surface area contributed by atoms with E-state index in [-0.39, 0.29) is 30.8 Å². The van der Waals surface area contributed by atoms with Crippen molar-refractivity contribution in [3.8, 4) is 11.8 Å². The summed E-state index contributed by atoms with van der Waals surface area (Å²) in [6.07, 6.45) is -2.30. The van der Waals surface area contributed by atoms with E-state index in [1.165, 1.54) is 11.1 Å². The van der Waals surface area contributed by atoms with Crippen LogP contribution in [0, 0.1) is 0 Å². The summed E-state index contributed by atoms with van der Waals surface area (Å²) in [7, 11) is 0. The monoisotopic (exact) mass is 367 g/mol. The van der Waals surface area contributed by atoms with Crippen LogP contribution in [0.1, 0.15) is 22.8 Å². The van der Waals surface area contributed by atoms with Crippen LogP contribution in [-0.4, -0.2) is 46.6 Å². The second kappa shape index (κ2) is 7.19. The second-order valence-electron chi connectivity index (χ2n) is 5.62. The fourth-order valence-electron chi connectivity index (χ4n) is 2.48. The number of carbonyl (C=O) groups excluding carboxylic acids is 1. The first-order chi connectivity index (χ1) is 12.4. The van der Waals surface area contributed by atoms with Gasteiger partial charge < -0.3 is 14.4 Å². The zero-order valence-electron chi connectivity index (χ0n) is 13.9. The standard InChI is InChI=1S/C17H16F3N3O3/c1-2-25-15-13(4-3-6-22-15)16(24)23-9-12(10-23)26-14-8-11(5-7-21-14)17(18,19)20/h3-8,12H,2,9-10H2,1H3. The number of aromatic nitrogens is 2. The molecule has 6 nitrogen and oxygen atoms in total. The first kappa shape index (κ1) is 18.0. The van der Waals surface area contributed by atoms with E-state index in [4.69, 9.17) is 9.47 Å². The van der Waals surface area contributed by atoms with E-state index >= 15 is 0 Å². The maximum atomic E-state index is 12.7. The molecule has 1 fully saturated rings. The van der Waals surface area contributed by atoms with E-state index in [0.717, 1.165) is 18.3 Å². The average molecular weight is 367 g/mol. The minimum atomic E-state index is -4.46. The van der Waals surface area contributed by atoms with Crippen LogP contribution in [0.5, 0.6) is 11.8 Å². The van der Waals surface area contributed by atoms with Crippen molar-refractivity contribution in [3.05, 3.63) is 47.8 Å². The Morgan fingerprint density at radius 2 is 2.04 bits per heavy atom. The number of pyridine rings is 2. The third kappa shape index (κ3) is 3.87. The van der Waals surface area contributed by atoms with Crippen molar-refractivity contribution in [2.45, 2.75) is 19.2 Å². The minimum Gasteiger partial charge on any atom is -0.477 e. The lowest BCUT2D eigenvalue weighted by molar-refractivity contribution is -0.137. The van der Waals surface area contributed by atoms with Gasteiger partial charge in [0.2, 0.25) is 11.8 Å². The van der Waals surface area contributed by atoms with Crippen LogP contribution in [0.4, 0.5) is 13.2 Å². The molecule has 0 bridgehead atoms. The molecular weight excluding hydrogens is 351 g/mol. The van der Waals surface area contributed by atoms with E-state index < -0.39 is 17.8 Å². The van der Waals surface area contributed by atoms with E-state index in [2.05, 4.69) is 9.97 Å². The predicted molar refractivity (Wildman–Crippen MR) is 85.0 cm³/mol. The van der Waals surface area contributed by atoms with Crippen molar-refractivity contribution in [2.24, 2.45) is 0 Å². The van der Waals surface area contributed by atoms with E-state index in [1.54, 1.807) is 19.1 Å². The van der Waals surface area contributed by atoms with Gasteiger partial charge in [-0.15, -0.1) is 0 Å². The van der Waals surface area contributed by atoms with Crippen LogP contribution < -0.4 is 9.47 Å². The molecular formula is C17H16F3N3O3. The number of alkyl halides is 3. The Labute approximate surface area is 147 Å². The van der Waals surface area contributed by atoms with Crippen molar-refractivity contribution in [1.82, 2.24) is 14.9 Å². The molecule has 1 aliphatic heterocycles. The third-order valence-corrected chi connectivity index (χ3v) is 3.77. The van der Waals surface area contributed by atoms with Crippen molar-refractivity contribution in [2.75, 3.05) is 19.7 Å². The predicted octanol–water partition coefficient (Wildman–Crippen LogP) is 2.80. The molecule has 26 heavy (non-hydrogen) atoms. The van der Waals surface area contributed by atoms with Gasteiger partial charge in [-0.3, -0.25) is 4.79 Å². The minimum absolute atomic E-state index is 0.117. The summed E-state index contributed by atoms with van der Waals surface area (Å²) < 4.78 is 48.9. The molecule has 1 amide bonds. The number of nitrogens with zero attached hydrogens (tertiary/aromatic N) is 3. The van der Waals surface area contributed by atoms with Crippen molar-refractivity contribution < 1.29 is 27.4 Å². The van der Waals surface area contributed by atoms with Crippen LogP contribution in [0.2, 0.25) is 0 Å². The summed E-state index contributed by atoms with van der Waals surface area (Å²) in [5, 5.41) is 0. The van der Waals surface area contributed by atoms with E-state index in [9.17, 15) is 18.0 Å². The second-order valence-corrected chi connectivity index (χ2v) is 5.62. The van der Waals surface area contributed by atoms with Crippen LogP contribution in [-0.2, 0) is 6.18 Å². The summed E-state index contributed by atoms with van der Waals surface area (Å²) in [5.41, 5.74) is -0.489. The molecule has 2 aromatic rings. The number of ether oxygens (including phenoxy) is 2. The number of amides is 1. The molecule has 0 aliphatic carbocycles. The first-order valence-electron chi connectivity index (χ1n) is 7.95. The van der Waals surface area contributed by atoms with Gasteiger partial charge in [0.1, 0.15) is 11.7 Å². The molecule has 138 valence electrons. The molecule has 1 aliphatic rings. The summed E-state index contributed by atoms with van der Waals surface area (Å²) in [6.45, 7) is 2.66. The molecule has 0 radical (unpaired) electrons. The van der Waals surface area contributed by atoms with Crippen LogP contribution >= 0.6 is 0 Å². The largest absolute Gasteiger partial charge is 0.477 e. The fraction of sp³-hybridized carbons (Fsp3) is 0.353. The molecule has 0 saturated carbocycles. The summed E-state index contributed by atoms with van der Waals surface area (Å²) in [6, 6.07) is 4.97. The van der Waals surface area contributed by atoms with Crippen LogP contribution in [0.25, 0.3) is 0 Å². The number of carbonyl (C=O) groups is 1. The Morgan fingerprint density at radius 3 is 2.73 bits per heavy atom. The van der Waals surface area contributed by atoms with Gasteiger partial charge in [0.15, 0.2) is 0 Å². The topological polar surface area (TPSA) is 64.5 Å². The number of halogens is 3. The number of hydrogen-bond donors (Lipinski definition) is 0. The highest BCUT2D eigenvalue weighted by molar-refractivity contribution is 5.96. The lowest BCUT2D eigenvalue weighted by atomic mass is 10.1. The number of rotatable bonds is 5. The zero-order valence-corrected chi connectivity index (χ0v) is 13.9. The molecule has 0 N–H and O–H groups in total. The zero-order chi connectivity index (χ0) is 18.7. The van der Waals surface area contributed by atoms with Gasteiger partial charge in [-0.25, -0.2) is 9.97 Å². The van der Waals surface area contributed by atoms with Gasteiger partial charge >= 0.3 is 6.18 Å². The van der Waals surface area contributed by atoms with Gasteiger partial charge in [0.05, 0.1) is 25.3 Å². The highest BCUT2D eigenvalue weighted by Gasteiger charge is 2.35. The Morgan fingerprint density at radius 1 is 1.27 bits per heavy atom. The fourth-order valence-corrected chi connectivity index (χ4v) is 2.48. The maximum absolute atomic E-state index is 12.7. The molecule has 1 saturated heterocycles. The molecule has 0 unspecified atom stereocenters. The molecule has 9 heteroatoms. The number of likely N-dealkylation sites (tertiary alicyclic amines) is 1. The lowest BCUT2D eigenvalue weighted by Crippen LogP contribution is -2.56. The van der Waals surface area contributed by atoms with E-state index in [0.29, 0.717) is 12.2 Å². The van der Waals surface area contributed by atoms with Crippen molar-refractivity contribution >= 4 is 5.91 Å². The van der Waals surface area contributed by atoms with Gasteiger partial charge in [0.25, 0.3) is 5.91 Å². The van der Waals surface area contributed by atoms with E-state index in [1.807, 2.05) is 0 Å². The van der Waals surface area contributed by atoms with Crippen LogP contribution in [0.3, 0.4) is 0 Å². The Hall–Kier alpha value is -2.84. The van der Waals surface area contributed by atoms with Crippen molar-refractivity contribution in [3.63, 3.8) is 0 Å². The highest BCUT2D eigenvalue weighted by Crippen LogP contribution is 2.31. The normalized spacial score (nSPS) is 14.7. The smallest absolute Gasteiger partial charge is 0.416 e. The molecule has 3 heterocycles. The molecule has 0 spiro atoms. The van der Waals surface area contributed by atoms with Crippen LogP contribution in [0.15, 0.2) is 36.7 Å². The molecule has 0 atom stereocenters. The SMILES string of the molecule is CCOc1ncccc1C(=O)N1CC(Oc2cc(C(F)(F)F)ccn2)C1. The number of hydrogen-bond acceptors (Lipinski definition) is 5. The molecule has 2 aromatic heterocycles. The average Bonchev–Trinajstić information content (AvgIpc) is 2.57. The Kier molecular flexibility index (Phi) is 4.97. The molecule has 0 aromatic carbocycles. The van der Waals surface area contributed by atoms with Gasteiger partial charge in [-0.2, -0.15) is 13.2 Å². The summed E-state index contributed by atoms with van der Waals surface area (Å²) in [4.78, 5) is 21.8. The Bertz CT molecular complexity index is 792. The molecule has 3 rings (SSSR count). The summed E-state index contributed by atoms with van der Waals surface area (Å²) in [5.74, 6) is -0.129. The lowest BCUT2D eigenvalue weighted by Gasteiger charge is -2.38.